The van der Waals surface area contributed by atoms with Crippen LogP contribution in [-0.2, 0) is 14.3 Å². The summed E-state index contributed by atoms with van der Waals surface area (Å²) in [5.74, 6) is 0.0412. The second-order valence-corrected chi connectivity index (χ2v) is 16.5. The summed E-state index contributed by atoms with van der Waals surface area (Å²) in [6.45, 7) is 21.5. The lowest BCUT2D eigenvalue weighted by Gasteiger charge is -2.46. The van der Waals surface area contributed by atoms with Crippen molar-refractivity contribution < 1.29 is 23.9 Å². The van der Waals surface area contributed by atoms with Crippen LogP contribution < -0.4 is 5.32 Å². The van der Waals surface area contributed by atoms with Gasteiger partial charge >= 0.3 is 12.2 Å². The molecule has 3 amide bonds. The van der Waals surface area contributed by atoms with Crippen LogP contribution in [0.25, 0.3) is 0 Å². The van der Waals surface area contributed by atoms with Crippen molar-refractivity contribution in [1.29, 1.82) is 0 Å². The van der Waals surface area contributed by atoms with E-state index in [-0.39, 0.29) is 48.2 Å². The first-order chi connectivity index (χ1) is 21.8. The van der Waals surface area contributed by atoms with E-state index < -0.39 is 11.2 Å². The van der Waals surface area contributed by atoms with Crippen molar-refractivity contribution in [1.82, 2.24) is 20.0 Å². The van der Waals surface area contributed by atoms with E-state index in [1.54, 1.807) is 4.90 Å². The number of halogens is 2. The van der Waals surface area contributed by atoms with Crippen LogP contribution in [0.15, 0.2) is 57.5 Å². The Bertz CT molecular complexity index is 1360. The third-order valence-corrected chi connectivity index (χ3v) is 8.85. The summed E-state index contributed by atoms with van der Waals surface area (Å²) in [7, 11) is 0. The van der Waals surface area contributed by atoms with Gasteiger partial charge in [-0.3, -0.25) is 14.6 Å². The van der Waals surface area contributed by atoms with Crippen molar-refractivity contribution in [2.75, 3.05) is 26.2 Å². The van der Waals surface area contributed by atoms with Crippen molar-refractivity contribution in [2.45, 2.75) is 105 Å². The monoisotopic (exact) mass is 778 g/mol. The lowest BCUT2D eigenvalue weighted by molar-refractivity contribution is -0.140. The van der Waals surface area contributed by atoms with E-state index in [2.05, 4.69) is 44.1 Å². The summed E-state index contributed by atoms with van der Waals surface area (Å²) in [6, 6.07) is 16.0. The summed E-state index contributed by atoms with van der Waals surface area (Å²) in [6.07, 6.45) is -0.585. The number of hydrogen-bond donors (Lipinski definition) is 1. The van der Waals surface area contributed by atoms with Gasteiger partial charge in [0.1, 0.15) is 11.2 Å². The highest BCUT2D eigenvalue weighted by Crippen LogP contribution is 2.32. The quantitative estimate of drug-likeness (QED) is 0.337. The van der Waals surface area contributed by atoms with E-state index in [1.165, 1.54) is 0 Å². The molecule has 0 bridgehead atoms. The molecule has 0 spiro atoms. The molecule has 4 rings (SSSR count). The second kappa shape index (κ2) is 16.2. The highest BCUT2D eigenvalue weighted by atomic mass is 79.9. The molecule has 0 unspecified atom stereocenters. The minimum atomic E-state index is -0.560. The highest BCUT2D eigenvalue weighted by molar-refractivity contribution is 9.10. The summed E-state index contributed by atoms with van der Waals surface area (Å²) in [4.78, 5) is 43.4. The van der Waals surface area contributed by atoms with E-state index in [9.17, 15) is 14.4 Å². The van der Waals surface area contributed by atoms with Gasteiger partial charge in [-0.1, -0.05) is 70.0 Å². The molecular weight excluding hydrogens is 728 g/mol. The van der Waals surface area contributed by atoms with Crippen molar-refractivity contribution in [3.05, 3.63) is 68.6 Å². The minimum Gasteiger partial charge on any atom is -0.444 e. The summed E-state index contributed by atoms with van der Waals surface area (Å²) in [5, 5.41) is 3.43. The molecule has 2 aromatic carbocycles. The highest BCUT2D eigenvalue weighted by Gasteiger charge is 2.40. The fraction of sp³-hybridized carbons (Fsp3) is 0.583. The van der Waals surface area contributed by atoms with Gasteiger partial charge in [-0.05, 0) is 90.8 Å². The zero-order chi connectivity index (χ0) is 35.3. The van der Waals surface area contributed by atoms with E-state index >= 15 is 0 Å². The van der Waals surface area contributed by atoms with E-state index in [0.29, 0.717) is 19.6 Å². The number of nitrogens with zero attached hydrogens (tertiary/aromatic N) is 3. The third kappa shape index (κ3) is 11.5. The molecule has 2 aliphatic heterocycles. The number of carbonyl (C=O) groups is 3. The molecular formula is C36H52Br2N4O5. The average molecular weight is 781 g/mol. The van der Waals surface area contributed by atoms with Crippen molar-refractivity contribution in [3.8, 4) is 0 Å². The van der Waals surface area contributed by atoms with Gasteiger partial charge in [-0.2, -0.15) is 0 Å². The maximum atomic E-state index is 12.8. The lowest BCUT2D eigenvalue weighted by atomic mass is 9.98. The number of benzene rings is 2. The fourth-order valence-corrected chi connectivity index (χ4v) is 6.05. The smallest absolute Gasteiger partial charge is 0.410 e. The Kier molecular flexibility index (Phi) is 13.4. The largest absolute Gasteiger partial charge is 0.444 e. The Balaban J connectivity index is 0.000000261. The number of carbonyl (C=O) groups excluding carboxylic acids is 3. The molecule has 0 aromatic heterocycles. The van der Waals surface area contributed by atoms with Gasteiger partial charge in [0.05, 0.1) is 12.1 Å². The van der Waals surface area contributed by atoms with Crippen LogP contribution in [0.1, 0.15) is 92.4 Å². The molecule has 2 heterocycles. The summed E-state index contributed by atoms with van der Waals surface area (Å²) < 4.78 is 13.2. The van der Waals surface area contributed by atoms with Crippen LogP contribution in [0.3, 0.4) is 0 Å². The van der Waals surface area contributed by atoms with Gasteiger partial charge in [0.15, 0.2) is 0 Å². The molecule has 47 heavy (non-hydrogen) atoms. The molecule has 11 heteroatoms. The average Bonchev–Trinajstić information content (AvgIpc) is 2.96. The molecule has 0 radical (unpaired) electrons. The minimum absolute atomic E-state index is 0.00384. The fourth-order valence-electron chi connectivity index (χ4n) is 5.52. The Morgan fingerprint density at radius 1 is 0.702 bits per heavy atom. The van der Waals surface area contributed by atoms with Gasteiger partial charge in [0.2, 0.25) is 5.91 Å². The van der Waals surface area contributed by atoms with Gasteiger partial charge < -0.3 is 19.7 Å². The number of piperazine rings is 2. The van der Waals surface area contributed by atoms with Gasteiger partial charge in [-0.25, -0.2) is 9.59 Å². The van der Waals surface area contributed by atoms with Crippen molar-refractivity contribution in [2.24, 2.45) is 5.92 Å². The van der Waals surface area contributed by atoms with Gasteiger partial charge in [0, 0.05) is 53.1 Å². The zero-order valence-corrected chi connectivity index (χ0v) is 32.6. The van der Waals surface area contributed by atoms with E-state index in [0.717, 1.165) is 26.6 Å². The lowest BCUT2D eigenvalue weighted by Crippen LogP contribution is -2.58. The summed E-state index contributed by atoms with van der Waals surface area (Å²) >= 11 is 6.89. The first-order valence-electron chi connectivity index (χ1n) is 16.3. The topological polar surface area (TPSA) is 91.4 Å². The zero-order valence-electron chi connectivity index (χ0n) is 29.5. The molecule has 2 saturated heterocycles. The van der Waals surface area contributed by atoms with Crippen LogP contribution in [0.4, 0.5) is 9.59 Å². The first-order valence-corrected chi connectivity index (χ1v) is 17.9. The molecule has 0 saturated carbocycles. The predicted octanol–water partition coefficient (Wildman–Crippen LogP) is 8.33. The number of ether oxygens (including phenoxy) is 2. The normalized spacial score (nSPS) is 21.9. The number of amides is 3. The van der Waals surface area contributed by atoms with Crippen LogP contribution >= 0.6 is 31.9 Å². The van der Waals surface area contributed by atoms with Crippen molar-refractivity contribution in [3.63, 3.8) is 0 Å². The Hall–Kier alpha value is -2.63. The SMILES string of the molecule is CC(C)C(=O)N1C[C@H](c2ccc(Br)cc2)N(C(=O)OC(C)(C)C)C[C@H]1C.C[C@@H]1CN(C(=O)OC(C)(C)C)[C@@H](c2ccc(Br)cc2)CN1. The molecule has 9 nitrogen and oxygen atoms in total. The Morgan fingerprint density at radius 2 is 1.13 bits per heavy atom. The van der Waals surface area contributed by atoms with Crippen LogP contribution in [0, 0.1) is 5.92 Å². The maximum Gasteiger partial charge on any atom is 0.410 e. The maximum absolute atomic E-state index is 12.8. The van der Waals surface area contributed by atoms with Gasteiger partial charge in [-0.15, -0.1) is 0 Å². The number of nitrogens with one attached hydrogen (secondary N) is 1. The first kappa shape index (κ1) is 38.8. The number of rotatable bonds is 3. The molecule has 2 aromatic rings. The van der Waals surface area contributed by atoms with E-state index in [1.807, 2.05) is 121 Å². The van der Waals surface area contributed by atoms with E-state index in [4.69, 9.17) is 9.47 Å². The second-order valence-electron chi connectivity index (χ2n) is 14.7. The number of hydrogen-bond acceptors (Lipinski definition) is 6. The van der Waals surface area contributed by atoms with Gasteiger partial charge in [0.25, 0.3) is 0 Å². The van der Waals surface area contributed by atoms with Crippen LogP contribution in [-0.4, -0.2) is 82.3 Å². The molecule has 4 atom stereocenters. The predicted molar refractivity (Wildman–Crippen MR) is 193 cm³/mol. The van der Waals surface area contributed by atoms with Crippen molar-refractivity contribution >= 4 is 50.0 Å². The third-order valence-electron chi connectivity index (χ3n) is 7.79. The molecule has 1 N–H and O–H groups in total. The molecule has 260 valence electrons. The standard InChI is InChI=1S/C20H29BrN2O3.C16H23BrN2O2/c1-13(2)18(24)22-12-17(15-7-9-16(21)10-8-15)23(11-14(22)3)19(25)26-20(4,5)6;1-11-10-19(15(20)21-16(2,3)4)14(9-18-11)12-5-7-13(17)8-6-12/h7-10,13-14,17H,11-12H2,1-6H3;5-8,11,14,18H,9-10H2,1-4H3/t14-,17-;11-,14-/m11/s1. The Labute approximate surface area is 298 Å². The summed E-state index contributed by atoms with van der Waals surface area (Å²) in [5.41, 5.74) is 1.07. The Morgan fingerprint density at radius 3 is 1.55 bits per heavy atom. The molecule has 2 aliphatic rings. The molecule has 0 aliphatic carbocycles. The van der Waals surface area contributed by atoms with Crippen LogP contribution in [0.5, 0.6) is 0 Å². The van der Waals surface area contributed by atoms with Crippen LogP contribution in [0.2, 0.25) is 0 Å². The molecule has 2 fully saturated rings.